The molecule has 0 bridgehead atoms. The van der Waals surface area contributed by atoms with E-state index < -0.39 is 49.9 Å². The number of amides is 2. The standard InChI is InChI=1S/C37H41ClN4O7S/c1-6-27(4)39-37(44)34(20-28-13-8-7-9-14-28)40(23-29-15-11-10-12-25(29)2)36(43)24-41(33-21-30(38)17-19-35(33)49-5)50(47,48)31-18-16-26(3)32(22-31)42(45)46/h7-19,21-22,27,34H,6,20,23-24H2,1-5H3,(H,39,44)/t27-,34-/m0/s1. The van der Waals surface area contributed by atoms with Crippen molar-refractivity contribution >= 4 is 44.8 Å². The predicted octanol–water partition coefficient (Wildman–Crippen LogP) is 6.62. The Morgan fingerprint density at radius 1 is 0.960 bits per heavy atom. The maximum atomic E-state index is 14.8. The van der Waals surface area contributed by atoms with E-state index in [9.17, 15) is 28.1 Å². The van der Waals surface area contributed by atoms with Crippen LogP contribution in [0.25, 0.3) is 0 Å². The molecule has 13 heteroatoms. The highest BCUT2D eigenvalue weighted by Crippen LogP contribution is 2.36. The van der Waals surface area contributed by atoms with E-state index in [1.54, 1.807) is 0 Å². The van der Waals surface area contributed by atoms with Crippen LogP contribution in [0.2, 0.25) is 5.02 Å². The molecule has 0 aromatic heterocycles. The first-order valence-electron chi connectivity index (χ1n) is 16.1. The quantitative estimate of drug-likeness (QED) is 0.108. The van der Waals surface area contributed by atoms with Crippen LogP contribution < -0.4 is 14.4 Å². The minimum Gasteiger partial charge on any atom is -0.495 e. The molecule has 0 heterocycles. The molecule has 0 aliphatic rings. The number of nitro groups is 1. The smallest absolute Gasteiger partial charge is 0.273 e. The number of rotatable bonds is 15. The van der Waals surface area contributed by atoms with Gasteiger partial charge in [-0.1, -0.05) is 79.2 Å². The molecule has 0 aliphatic carbocycles. The molecule has 0 saturated carbocycles. The van der Waals surface area contributed by atoms with Crippen LogP contribution in [-0.4, -0.2) is 55.8 Å². The summed E-state index contributed by atoms with van der Waals surface area (Å²) in [5.74, 6) is -0.997. The third kappa shape index (κ3) is 8.99. The maximum absolute atomic E-state index is 14.8. The number of ether oxygens (including phenoxy) is 1. The van der Waals surface area contributed by atoms with E-state index in [0.29, 0.717) is 6.42 Å². The lowest BCUT2D eigenvalue weighted by Crippen LogP contribution is -2.54. The lowest BCUT2D eigenvalue weighted by Gasteiger charge is -2.35. The highest BCUT2D eigenvalue weighted by Gasteiger charge is 2.36. The van der Waals surface area contributed by atoms with Crippen LogP contribution in [0.4, 0.5) is 11.4 Å². The highest BCUT2D eigenvalue weighted by atomic mass is 35.5. The molecular weight excluding hydrogens is 680 g/mol. The molecule has 2 atom stereocenters. The van der Waals surface area contributed by atoms with E-state index >= 15 is 0 Å². The normalized spacial score (nSPS) is 12.4. The molecule has 2 amide bonds. The number of nitro benzene ring substituents is 1. The van der Waals surface area contributed by atoms with Crippen LogP contribution in [0, 0.1) is 24.0 Å². The van der Waals surface area contributed by atoms with Crippen molar-refractivity contribution in [2.45, 2.75) is 64.1 Å². The number of carbonyl (C=O) groups excluding carboxylic acids is 2. The average Bonchev–Trinajstić information content (AvgIpc) is 3.09. The number of carbonyl (C=O) groups is 2. The lowest BCUT2D eigenvalue weighted by atomic mass is 10.0. The van der Waals surface area contributed by atoms with Gasteiger partial charge in [-0.3, -0.25) is 24.0 Å². The molecule has 0 unspecified atom stereocenters. The number of halogens is 1. The zero-order valence-corrected chi connectivity index (χ0v) is 30.2. The minimum atomic E-state index is -4.67. The minimum absolute atomic E-state index is 0.00644. The zero-order valence-electron chi connectivity index (χ0n) is 28.6. The van der Waals surface area contributed by atoms with Gasteiger partial charge in [0.25, 0.3) is 15.7 Å². The Bertz CT molecular complexity index is 1960. The van der Waals surface area contributed by atoms with Crippen LogP contribution in [0.15, 0.2) is 95.9 Å². The first kappa shape index (κ1) is 37.9. The molecule has 0 aliphatic heterocycles. The van der Waals surface area contributed by atoms with Gasteiger partial charge in [0, 0.05) is 35.7 Å². The number of sulfonamides is 1. The lowest BCUT2D eigenvalue weighted by molar-refractivity contribution is -0.385. The second kappa shape index (κ2) is 16.6. The number of methoxy groups -OCH3 is 1. The van der Waals surface area contributed by atoms with Gasteiger partial charge in [0.05, 0.1) is 22.6 Å². The van der Waals surface area contributed by atoms with Crippen molar-refractivity contribution in [2.24, 2.45) is 0 Å². The van der Waals surface area contributed by atoms with Crippen molar-refractivity contribution in [1.82, 2.24) is 10.2 Å². The predicted molar refractivity (Wildman–Crippen MR) is 194 cm³/mol. The summed E-state index contributed by atoms with van der Waals surface area (Å²) in [6.07, 6.45) is 0.803. The molecule has 11 nitrogen and oxygen atoms in total. The topological polar surface area (TPSA) is 139 Å². The molecule has 4 aromatic rings. The van der Waals surface area contributed by atoms with Crippen LogP contribution in [0.1, 0.15) is 42.5 Å². The van der Waals surface area contributed by atoms with Gasteiger partial charge in [-0.15, -0.1) is 0 Å². The van der Waals surface area contributed by atoms with E-state index in [4.69, 9.17) is 16.3 Å². The monoisotopic (exact) mass is 720 g/mol. The summed E-state index contributed by atoms with van der Waals surface area (Å²) in [6.45, 7) is 6.40. The fourth-order valence-corrected chi connectivity index (χ4v) is 7.01. The summed E-state index contributed by atoms with van der Waals surface area (Å²) in [6, 6.07) is 23.3. The van der Waals surface area contributed by atoms with Gasteiger partial charge in [-0.05, 0) is 68.1 Å². The summed E-state index contributed by atoms with van der Waals surface area (Å²) < 4.78 is 35.3. The number of hydrogen-bond donors (Lipinski definition) is 1. The second-order valence-corrected chi connectivity index (χ2v) is 14.3. The van der Waals surface area contributed by atoms with Gasteiger partial charge < -0.3 is 15.0 Å². The first-order chi connectivity index (χ1) is 23.8. The number of hydrogen-bond acceptors (Lipinski definition) is 7. The van der Waals surface area contributed by atoms with Gasteiger partial charge in [-0.2, -0.15) is 0 Å². The second-order valence-electron chi connectivity index (χ2n) is 12.0. The fourth-order valence-electron chi connectivity index (χ4n) is 5.41. The Morgan fingerprint density at radius 2 is 1.64 bits per heavy atom. The number of nitrogens with one attached hydrogen (secondary N) is 1. The van der Waals surface area contributed by atoms with Crippen molar-refractivity contribution in [1.29, 1.82) is 0 Å². The van der Waals surface area contributed by atoms with Gasteiger partial charge in [-0.25, -0.2) is 8.42 Å². The highest BCUT2D eigenvalue weighted by molar-refractivity contribution is 7.92. The third-order valence-electron chi connectivity index (χ3n) is 8.53. The molecule has 0 spiro atoms. The SMILES string of the molecule is CC[C@H](C)NC(=O)[C@H](Cc1ccccc1)N(Cc1ccccc1C)C(=O)CN(c1cc(Cl)ccc1OC)S(=O)(=O)c1ccc(C)c([N+](=O)[O-])c1. The van der Waals surface area contributed by atoms with Crippen LogP contribution in [0.3, 0.4) is 0 Å². The van der Waals surface area contributed by atoms with E-state index in [0.717, 1.165) is 27.1 Å². The number of nitrogens with zero attached hydrogens (tertiary/aromatic N) is 3. The number of benzene rings is 4. The molecule has 0 radical (unpaired) electrons. The molecule has 0 saturated heterocycles. The van der Waals surface area contributed by atoms with Crippen LogP contribution in [0.5, 0.6) is 5.75 Å². The van der Waals surface area contributed by atoms with E-state index in [1.807, 2.05) is 75.4 Å². The molecule has 50 heavy (non-hydrogen) atoms. The van der Waals surface area contributed by atoms with E-state index in [1.165, 1.54) is 49.3 Å². The zero-order chi connectivity index (χ0) is 36.6. The maximum Gasteiger partial charge on any atom is 0.273 e. The average molecular weight is 721 g/mol. The summed E-state index contributed by atoms with van der Waals surface area (Å²) in [7, 11) is -3.33. The first-order valence-corrected chi connectivity index (χ1v) is 17.9. The van der Waals surface area contributed by atoms with Gasteiger partial charge in [0.15, 0.2) is 0 Å². The van der Waals surface area contributed by atoms with E-state index in [-0.39, 0.29) is 41.0 Å². The molecule has 4 aromatic carbocycles. The number of aryl methyl sites for hydroxylation is 2. The van der Waals surface area contributed by atoms with E-state index in [2.05, 4.69) is 5.32 Å². The third-order valence-corrected chi connectivity index (χ3v) is 10.5. The Morgan fingerprint density at radius 3 is 2.28 bits per heavy atom. The van der Waals surface area contributed by atoms with Crippen molar-refractivity contribution in [2.75, 3.05) is 18.0 Å². The van der Waals surface area contributed by atoms with Crippen LogP contribution in [-0.2, 0) is 32.6 Å². The van der Waals surface area contributed by atoms with Crippen molar-refractivity contribution < 1.29 is 27.7 Å². The Hall–Kier alpha value is -4.94. The van der Waals surface area contributed by atoms with Gasteiger partial charge in [0.1, 0.15) is 18.3 Å². The summed E-state index contributed by atoms with van der Waals surface area (Å²) in [4.78, 5) is 41.0. The molecule has 264 valence electrons. The Labute approximate surface area is 298 Å². The largest absolute Gasteiger partial charge is 0.495 e. The molecule has 1 N–H and O–H groups in total. The molecule has 0 fully saturated rings. The summed E-state index contributed by atoms with van der Waals surface area (Å²) in [5, 5.41) is 15.0. The molecule has 4 rings (SSSR count). The van der Waals surface area contributed by atoms with Gasteiger partial charge >= 0.3 is 0 Å². The fraction of sp³-hybridized carbons (Fsp3) is 0.297. The van der Waals surface area contributed by atoms with Crippen LogP contribution >= 0.6 is 11.6 Å². The molecular formula is C37H41ClN4O7S. The Balaban J connectivity index is 1.90. The van der Waals surface area contributed by atoms with Gasteiger partial charge in [0.2, 0.25) is 11.8 Å². The summed E-state index contributed by atoms with van der Waals surface area (Å²) >= 11 is 6.36. The number of anilines is 1. The van der Waals surface area contributed by atoms with Crippen molar-refractivity contribution in [3.8, 4) is 5.75 Å². The van der Waals surface area contributed by atoms with Crippen molar-refractivity contribution in [3.63, 3.8) is 0 Å². The Kier molecular flexibility index (Phi) is 12.6. The summed E-state index contributed by atoms with van der Waals surface area (Å²) in [5.41, 5.74) is 2.24. The van der Waals surface area contributed by atoms with Crippen molar-refractivity contribution in [3.05, 3.63) is 128 Å².